The SMILES string of the molecule is COc1ccc(C(=O)N/C(=C/c2ccc(Cl)cc2)C(=O)Nc2ccccc2C(=O)[O-])cc1. The summed E-state index contributed by atoms with van der Waals surface area (Å²) in [5.74, 6) is -2.10. The van der Waals surface area contributed by atoms with Crippen molar-refractivity contribution in [1.29, 1.82) is 0 Å². The minimum Gasteiger partial charge on any atom is -0.545 e. The average molecular weight is 450 g/mol. The summed E-state index contributed by atoms with van der Waals surface area (Å²) in [6.07, 6.45) is 1.45. The van der Waals surface area contributed by atoms with Crippen molar-refractivity contribution in [1.82, 2.24) is 5.32 Å². The van der Waals surface area contributed by atoms with E-state index < -0.39 is 17.8 Å². The third-order valence-corrected chi connectivity index (χ3v) is 4.67. The molecule has 3 aromatic carbocycles. The van der Waals surface area contributed by atoms with Crippen LogP contribution in [0.15, 0.2) is 78.5 Å². The summed E-state index contributed by atoms with van der Waals surface area (Å²) in [6, 6.07) is 18.8. The fraction of sp³-hybridized carbons (Fsp3) is 0.0417. The van der Waals surface area contributed by atoms with E-state index in [1.807, 2.05) is 0 Å². The van der Waals surface area contributed by atoms with Crippen molar-refractivity contribution in [2.75, 3.05) is 12.4 Å². The van der Waals surface area contributed by atoms with E-state index >= 15 is 0 Å². The summed E-state index contributed by atoms with van der Waals surface area (Å²) in [5.41, 5.74) is 0.658. The van der Waals surface area contributed by atoms with Crippen LogP contribution < -0.4 is 20.5 Å². The molecule has 0 aliphatic carbocycles. The van der Waals surface area contributed by atoms with Crippen LogP contribution in [0.4, 0.5) is 5.69 Å². The van der Waals surface area contributed by atoms with E-state index in [1.54, 1.807) is 54.6 Å². The number of ether oxygens (including phenoxy) is 1. The van der Waals surface area contributed by atoms with Gasteiger partial charge in [0.1, 0.15) is 11.4 Å². The molecule has 0 fully saturated rings. The standard InChI is InChI=1S/C24H19ClN2O5/c1-32-18-12-8-16(9-13-18)22(28)27-21(14-15-6-10-17(25)11-7-15)23(29)26-20-5-3-2-4-19(20)24(30)31/h2-14H,1H3,(H,26,29)(H,27,28)(H,30,31)/p-1/b21-14+. The fourth-order valence-electron chi connectivity index (χ4n) is 2.78. The lowest BCUT2D eigenvalue weighted by Crippen LogP contribution is -2.31. The van der Waals surface area contributed by atoms with Gasteiger partial charge in [-0.25, -0.2) is 0 Å². The summed E-state index contributed by atoms with van der Waals surface area (Å²) in [5, 5.41) is 16.9. The fourth-order valence-corrected chi connectivity index (χ4v) is 2.91. The number of aromatic carboxylic acids is 1. The molecule has 0 atom stereocenters. The van der Waals surface area contributed by atoms with Gasteiger partial charge in [0.25, 0.3) is 11.8 Å². The van der Waals surface area contributed by atoms with Crippen molar-refractivity contribution >= 4 is 41.1 Å². The molecule has 0 heterocycles. The quantitative estimate of drug-likeness (QED) is 0.539. The van der Waals surface area contributed by atoms with Gasteiger partial charge in [0, 0.05) is 16.1 Å². The number of hydrogen-bond acceptors (Lipinski definition) is 5. The van der Waals surface area contributed by atoms with Gasteiger partial charge in [0.2, 0.25) is 0 Å². The normalized spacial score (nSPS) is 10.9. The second-order valence-corrected chi connectivity index (χ2v) is 7.02. The number of benzene rings is 3. The van der Waals surface area contributed by atoms with Crippen LogP contribution in [0.1, 0.15) is 26.3 Å². The van der Waals surface area contributed by atoms with Crippen molar-refractivity contribution in [3.05, 3.63) is 100 Å². The van der Waals surface area contributed by atoms with Crippen molar-refractivity contribution in [2.45, 2.75) is 0 Å². The minimum atomic E-state index is -1.44. The number of hydrogen-bond donors (Lipinski definition) is 2. The van der Waals surface area contributed by atoms with Crippen molar-refractivity contribution in [2.24, 2.45) is 0 Å². The first kappa shape index (κ1) is 22.6. The van der Waals surface area contributed by atoms with Crippen LogP contribution in [0, 0.1) is 0 Å². The lowest BCUT2D eigenvalue weighted by atomic mass is 10.1. The van der Waals surface area contributed by atoms with Crippen LogP contribution in [-0.4, -0.2) is 24.9 Å². The van der Waals surface area contributed by atoms with Crippen molar-refractivity contribution in [3.8, 4) is 5.75 Å². The van der Waals surface area contributed by atoms with Crippen LogP contribution in [0.3, 0.4) is 0 Å². The highest BCUT2D eigenvalue weighted by atomic mass is 35.5. The van der Waals surface area contributed by atoms with Gasteiger partial charge in [-0.2, -0.15) is 0 Å². The Morgan fingerprint density at radius 3 is 2.22 bits per heavy atom. The Labute approximate surface area is 189 Å². The highest BCUT2D eigenvalue weighted by Crippen LogP contribution is 2.17. The molecule has 0 aliphatic rings. The zero-order valence-corrected chi connectivity index (χ0v) is 17.7. The van der Waals surface area contributed by atoms with Crippen LogP contribution in [0.5, 0.6) is 5.75 Å². The molecule has 3 aromatic rings. The maximum absolute atomic E-state index is 13.0. The number of carbonyl (C=O) groups excluding carboxylic acids is 3. The molecule has 7 nitrogen and oxygen atoms in total. The van der Waals surface area contributed by atoms with E-state index in [9.17, 15) is 19.5 Å². The molecule has 0 bridgehead atoms. The highest BCUT2D eigenvalue weighted by molar-refractivity contribution is 6.30. The molecule has 3 rings (SSSR count). The van der Waals surface area contributed by atoms with E-state index in [0.717, 1.165) is 0 Å². The number of para-hydroxylation sites is 1. The zero-order valence-electron chi connectivity index (χ0n) is 16.9. The molecule has 2 N–H and O–H groups in total. The largest absolute Gasteiger partial charge is 0.545 e. The first-order chi connectivity index (χ1) is 15.4. The first-order valence-electron chi connectivity index (χ1n) is 9.42. The Bertz CT molecular complexity index is 1170. The molecular weight excluding hydrogens is 432 g/mol. The molecule has 0 saturated heterocycles. The molecule has 0 unspecified atom stereocenters. The zero-order chi connectivity index (χ0) is 23.1. The number of carboxylic acid groups (broad SMARTS) is 1. The number of carbonyl (C=O) groups is 3. The lowest BCUT2D eigenvalue weighted by molar-refractivity contribution is -0.254. The second-order valence-electron chi connectivity index (χ2n) is 6.58. The summed E-state index contributed by atoms with van der Waals surface area (Å²) >= 11 is 5.91. The molecule has 0 radical (unpaired) electrons. The van der Waals surface area contributed by atoms with E-state index in [4.69, 9.17) is 16.3 Å². The summed E-state index contributed by atoms with van der Waals surface area (Å²) in [4.78, 5) is 37.0. The van der Waals surface area contributed by atoms with E-state index in [-0.39, 0.29) is 16.9 Å². The highest BCUT2D eigenvalue weighted by Gasteiger charge is 2.16. The third kappa shape index (κ3) is 5.74. The van der Waals surface area contributed by atoms with E-state index in [1.165, 1.54) is 31.4 Å². The Morgan fingerprint density at radius 2 is 1.59 bits per heavy atom. The summed E-state index contributed by atoms with van der Waals surface area (Å²) in [6.45, 7) is 0. The first-order valence-corrected chi connectivity index (χ1v) is 9.79. The minimum absolute atomic E-state index is 0.0400. The van der Waals surface area contributed by atoms with Crippen LogP contribution in [-0.2, 0) is 4.79 Å². The van der Waals surface area contributed by atoms with Crippen LogP contribution in [0.2, 0.25) is 5.02 Å². The third-order valence-electron chi connectivity index (χ3n) is 4.42. The number of rotatable bonds is 7. The van der Waals surface area contributed by atoms with Gasteiger partial charge < -0.3 is 25.3 Å². The monoisotopic (exact) mass is 449 g/mol. The molecule has 8 heteroatoms. The van der Waals surface area contributed by atoms with Crippen molar-refractivity contribution in [3.63, 3.8) is 0 Å². The van der Waals surface area contributed by atoms with Gasteiger partial charge in [-0.05, 0) is 54.1 Å². The molecule has 32 heavy (non-hydrogen) atoms. The Balaban J connectivity index is 1.91. The molecule has 0 spiro atoms. The van der Waals surface area contributed by atoms with Gasteiger partial charge >= 0.3 is 0 Å². The number of carboxylic acids is 1. The van der Waals surface area contributed by atoms with Gasteiger partial charge in [-0.15, -0.1) is 0 Å². The predicted molar refractivity (Wildman–Crippen MR) is 119 cm³/mol. The van der Waals surface area contributed by atoms with E-state index in [2.05, 4.69) is 10.6 Å². The Kier molecular flexibility index (Phi) is 7.25. The number of halogens is 1. The Morgan fingerprint density at radius 1 is 0.938 bits per heavy atom. The number of amides is 2. The van der Waals surface area contributed by atoms with Crippen LogP contribution >= 0.6 is 11.6 Å². The number of methoxy groups -OCH3 is 1. The molecule has 162 valence electrons. The molecule has 2 amide bonds. The van der Waals surface area contributed by atoms with E-state index in [0.29, 0.717) is 21.9 Å². The molecule has 0 aromatic heterocycles. The van der Waals surface area contributed by atoms with Crippen LogP contribution in [0.25, 0.3) is 6.08 Å². The maximum atomic E-state index is 13.0. The predicted octanol–water partition coefficient (Wildman–Crippen LogP) is 3.12. The number of nitrogens with one attached hydrogen (secondary N) is 2. The number of anilines is 1. The second kappa shape index (κ2) is 10.3. The average Bonchev–Trinajstić information content (AvgIpc) is 2.80. The summed E-state index contributed by atoms with van der Waals surface area (Å²) in [7, 11) is 1.51. The topological polar surface area (TPSA) is 108 Å². The van der Waals surface area contributed by atoms with Crippen molar-refractivity contribution < 1.29 is 24.2 Å². The van der Waals surface area contributed by atoms with Gasteiger partial charge in [-0.3, -0.25) is 9.59 Å². The molecule has 0 saturated carbocycles. The molecule has 0 aliphatic heterocycles. The summed E-state index contributed by atoms with van der Waals surface area (Å²) < 4.78 is 5.08. The van der Waals surface area contributed by atoms with Gasteiger partial charge in [0.05, 0.1) is 18.8 Å². The molecular formula is C24H18ClN2O5-. The lowest BCUT2D eigenvalue weighted by Gasteiger charge is -2.14. The van der Waals surface area contributed by atoms with Gasteiger partial charge in [0.15, 0.2) is 0 Å². The Hall–Kier alpha value is -4.10. The van der Waals surface area contributed by atoms with Gasteiger partial charge in [-0.1, -0.05) is 41.9 Å². The maximum Gasteiger partial charge on any atom is 0.272 e. The smallest absolute Gasteiger partial charge is 0.272 e.